The summed E-state index contributed by atoms with van der Waals surface area (Å²) in [5.74, 6) is 0.758. The van der Waals surface area contributed by atoms with Gasteiger partial charge in [-0.1, -0.05) is 18.2 Å². The van der Waals surface area contributed by atoms with Gasteiger partial charge in [0.15, 0.2) is 0 Å². The van der Waals surface area contributed by atoms with E-state index in [-0.39, 0.29) is 0 Å². The monoisotopic (exact) mass is 210 g/mol. The Morgan fingerprint density at radius 1 is 1.19 bits per heavy atom. The van der Waals surface area contributed by atoms with Gasteiger partial charge in [0.2, 0.25) is 5.72 Å². The van der Waals surface area contributed by atoms with Crippen molar-refractivity contribution < 1.29 is 5.11 Å². The molecule has 2 aliphatic carbocycles. The number of rotatable bonds is 0. The molecule has 0 amide bonds. The van der Waals surface area contributed by atoms with E-state index < -0.39 is 5.72 Å². The lowest BCUT2D eigenvalue weighted by Gasteiger charge is -2.32. The van der Waals surface area contributed by atoms with Crippen LogP contribution in [-0.2, 0) is 5.72 Å². The predicted octanol–water partition coefficient (Wildman–Crippen LogP) is 1.89. The summed E-state index contributed by atoms with van der Waals surface area (Å²) in [6, 6.07) is 7.66. The lowest BCUT2D eigenvalue weighted by Crippen LogP contribution is -2.45. The molecule has 0 saturated heterocycles. The first-order chi connectivity index (χ1) is 7.69. The molecule has 2 heteroatoms. The second-order valence-corrected chi connectivity index (χ2v) is 4.09. The van der Waals surface area contributed by atoms with E-state index in [9.17, 15) is 5.11 Å². The van der Waals surface area contributed by atoms with E-state index in [0.29, 0.717) is 0 Å². The maximum absolute atomic E-state index is 10.4. The fourth-order valence-electron chi connectivity index (χ4n) is 2.25. The first-order valence-corrected chi connectivity index (χ1v) is 5.24. The van der Waals surface area contributed by atoms with E-state index in [1.165, 1.54) is 0 Å². The van der Waals surface area contributed by atoms with Crippen LogP contribution in [0.4, 0.5) is 0 Å². The zero-order valence-corrected chi connectivity index (χ0v) is 8.72. The molecule has 1 aromatic carbocycles. The molecule has 0 aliphatic heterocycles. The van der Waals surface area contributed by atoms with Crippen molar-refractivity contribution >= 4 is 6.08 Å². The largest absolute Gasteiger partial charge is 0.360 e. The molecule has 0 heterocycles. The maximum atomic E-state index is 10.4. The van der Waals surface area contributed by atoms with Gasteiger partial charge in [0.1, 0.15) is 5.57 Å². The highest BCUT2D eigenvalue weighted by atomic mass is 16.3. The molecule has 78 valence electrons. The van der Waals surface area contributed by atoms with Crippen molar-refractivity contribution in [3.63, 3.8) is 0 Å². The van der Waals surface area contributed by atoms with Crippen molar-refractivity contribution in [2.75, 3.05) is 0 Å². The molecule has 0 bridgehead atoms. The Hall–Kier alpha value is -1.77. The summed E-state index contributed by atoms with van der Waals surface area (Å²) in [6.07, 6.45) is 9.70. The summed E-state index contributed by atoms with van der Waals surface area (Å²) in [6.45, 7) is 0. The zero-order valence-electron chi connectivity index (χ0n) is 8.72. The summed E-state index contributed by atoms with van der Waals surface area (Å²) in [4.78, 5) is 0. The van der Waals surface area contributed by atoms with Crippen LogP contribution >= 0.6 is 0 Å². The summed E-state index contributed by atoms with van der Waals surface area (Å²) >= 11 is 0. The fraction of sp³-hybridized carbons (Fsp3) is 0.0714. The average Bonchev–Trinajstić information content (AvgIpc) is 2.29. The molecule has 16 heavy (non-hydrogen) atoms. The van der Waals surface area contributed by atoms with E-state index in [1.54, 1.807) is 0 Å². The molecule has 1 aromatic rings. The van der Waals surface area contributed by atoms with Gasteiger partial charge in [0, 0.05) is 41.5 Å². The predicted molar refractivity (Wildman–Crippen MR) is 64.0 cm³/mol. The van der Waals surface area contributed by atoms with Crippen LogP contribution in [0.25, 0.3) is 6.08 Å². The lowest BCUT2D eigenvalue weighted by atomic mass is 9.75. The molecule has 0 aromatic heterocycles. The standard InChI is InChI=1S/C14H12NO/c15-14(16)12-7-3-1-5-10(12)9-11-6-2-4-8-13(11)14/h1-9,16H,15H2/q+1. The van der Waals surface area contributed by atoms with Crippen LogP contribution in [0.5, 0.6) is 0 Å². The van der Waals surface area contributed by atoms with Crippen LogP contribution < -0.4 is 5.73 Å². The van der Waals surface area contributed by atoms with Gasteiger partial charge in [-0.15, -0.1) is 0 Å². The number of fused-ring (bicyclic) bond motifs is 2. The Morgan fingerprint density at radius 2 is 2.00 bits per heavy atom. The number of benzene rings is 1. The van der Waals surface area contributed by atoms with Crippen LogP contribution in [0.3, 0.4) is 0 Å². The molecular weight excluding hydrogens is 198 g/mol. The van der Waals surface area contributed by atoms with Crippen LogP contribution in [-0.4, -0.2) is 5.11 Å². The highest BCUT2D eigenvalue weighted by Gasteiger charge is 2.44. The Labute approximate surface area is 94.4 Å². The molecule has 0 radical (unpaired) electrons. The van der Waals surface area contributed by atoms with Gasteiger partial charge in [0.25, 0.3) is 0 Å². The van der Waals surface area contributed by atoms with Crippen molar-refractivity contribution in [3.8, 4) is 0 Å². The summed E-state index contributed by atoms with van der Waals surface area (Å²) in [5.41, 5.74) is 7.36. The van der Waals surface area contributed by atoms with Crippen molar-refractivity contribution in [2.24, 2.45) is 5.73 Å². The van der Waals surface area contributed by atoms with Gasteiger partial charge in [-0.3, -0.25) is 5.73 Å². The first-order valence-electron chi connectivity index (χ1n) is 5.24. The van der Waals surface area contributed by atoms with Gasteiger partial charge >= 0.3 is 0 Å². The molecular formula is C14H12NO+. The van der Waals surface area contributed by atoms with Crippen molar-refractivity contribution in [1.29, 1.82) is 0 Å². The number of allylic oxidation sites excluding steroid dienone is 3. The van der Waals surface area contributed by atoms with E-state index in [4.69, 9.17) is 5.73 Å². The number of aliphatic hydroxyl groups is 1. The Kier molecular flexibility index (Phi) is 1.84. The molecule has 2 aliphatic rings. The van der Waals surface area contributed by atoms with E-state index >= 15 is 0 Å². The Balaban J connectivity index is 2.26. The van der Waals surface area contributed by atoms with E-state index in [0.717, 1.165) is 22.6 Å². The van der Waals surface area contributed by atoms with Gasteiger partial charge in [0.05, 0.1) is 5.92 Å². The third-order valence-corrected chi connectivity index (χ3v) is 3.05. The molecule has 1 atom stereocenters. The SMILES string of the molecule is NC1(O)c2ccccc2C=C2C=CC=C[C+]21. The van der Waals surface area contributed by atoms with Crippen LogP contribution in [0.2, 0.25) is 0 Å². The minimum Gasteiger partial charge on any atom is -0.360 e. The smallest absolute Gasteiger partial charge is 0.204 e. The van der Waals surface area contributed by atoms with Gasteiger partial charge in [-0.05, 0) is 6.07 Å². The van der Waals surface area contributed by atoms with Crippen molar-refractivity contribution in [3.05, 3.63) is 71.2 Å². The van der Waals surface area contributed by atoms with Crippen molar-refractivity contribution in [1.82, 2.24) is 0 Å². The third-order valence-electron chi connectivity index (χ3n) is 3.05. The fourth-order valence-corrected chi connectivity index (χ4v) is 2.25. The Bertz CT molecular complexity index is 523. The van der Waals surface area contributed by atoms with Crippen LogP contribution in [0.1, 0.15) is 11.1 Å². The minimum atomic E-state index is -1.39. The Morgan fingerprint density at radius 3 is 2.88 bits per heavy atom. The quantitative estimate of drug-likeness (QED) is 0.507. The second-order valence-electron chi connectivity index (χ2n) is 4.09. The minimum absolute atomic E-state index is 0.758. The van der Waals surface area contributed by atoms with Crippen LogP contribution in [0.15, 0.2) is 54.1 Å². The van der Waals surface area contributed by atoms with E-state index in [1.807, 2.05) is 54.6 Å². The van der Waals surface area contributed by atoms with Gasteiger partial charge < -0.3 is 5.11 Å². The normalized spacial score (nSPS) is 26.1. The van der Waals surface area contributed by atoms with Gasteiger partial charge in [-0.25, -0.2) is 0 Å². The molecule has 0 saturated carbocycles. The molecule has 2 nitrogen and oxygen atoms in total. The highest BCUT2D eigenvalue weighted by Crippen LogP contribution is 2.42. The highest BCUT2D eigenvalue weighted by molar-refractivity contribution is 5.73. The second kappa shape index (κ2) is 3.11. The zero-order chi connectivity index (χ0) is 11.2. The van der Waals surface area contributed by atoms with Crippen LogP contribution in [0, 0.1) is 5.92 Å². The third kappa shape index (κ3) is 1.18. The van der Waals surface area contributed by atoms with Gasteiger partial charge in [-0.2, -0.15) is 0 Å². The molecule has 3 rings (SSSR count). The molecule has 0 spiro atoms. The number of hydrogen-bond acceptors (Lipinski definition) is 2. The number of nitrogens with two attached hydrogens (primary N) is 1. The lowest BCUT2D eigenvalue weighted by molar-refractivity contribution is 0.0682. The summed E-state index contributed by atoms with van der Waals surface area (Å²) in [7, 11) is 0. The summed E-state index contributed by atoms with van der Waals surface area (Å²) < 4.78 is 0. The molecule has 3 N–H and O–H groups in total. The first kappa shape index (κ1) is 9.46. The van der Waals surface area contributed by atoms with Crippen molar-refractivity contribution in [2.45, 2.75) is 5.72 Å². The maximum Gasteiger partial charge on any atom is 0.204 e. The average molecular weight is 210 g/mol. The molecule has 1 unspecified atom stereocenters. The topological polar surface area (TPSA) is 46.2 Å². The van der Waals surface area contributed by atoms with E-state index in [2.05, 4.69) is 0 Å². The molecule has 0 fully saturated rings. The number of hydrogen-bond donors (Lipinski definition) is 2. The summed E-state index contributed by atoms with van der Waals surface area (Å²) in [5, 5.41) is 10.4.